The van der Waals surface area contributed by atoms with E-state index in [1.807, 2.05) is 32.7 Å². The van der Waals surface area contributed by atoms with Crippen LogP contribution in [-0.2, 0) is 10.0 Å². The molecule has 16 heteroatoms. The Morgan fingerprint density at radius 3 is 2.47 bits per heavy atom. The summed E-state index contributed by atoms with van der Waals surface area (Å²) in [5.41, 5.74) is 0.724. The number of urea groups is 1. The second-order valence-electron chi connectivity index (χ2n) is 13.3. The van der Waals surface area contributed by atoms with Gasteiger partial charge in [0.25, 0.3) is 6.43 Å². The third-order valence-corrected chi connectivity index (χ3v) is 11.7. The molecule has 0 unspecified atom stereocenters. The van der Waals surface area contributed by atoms with E-state index < -0.39 is 27.0 Å². The van der Waals surface area contributed by atoms with E-state index in [1.165, 1.54) is 19.0 Å². The number of hydrogen-bond acceptors (Lipinski definition) is 9. The molecular formula is C29H41F2N9O3S2. The molecule has 246 valence electrons. The van der Waals surface area contributed by atoms with Crippen LogP contribution in [-0.4, -0.2) is 101 Å². The fourth-order valence-electron chi connectivity index (χ4n) is 6.39. The summed E-state index contributed by atoms with van der Waals surface area (Å²) in [5, 5.41) is 10.8. The van der Waals surface area contributed by atoms with Crippen molar-refractivity contribution in [1.82, 2.24) is 39.4 Å². The normalized spacial score (nSPS) is 24.7. The van der Waals surface area contributed by atoms with Crippen molar-refractivity contribution in [3.8, 4) is 10.8 Å². The average Bonchev–Trinajstić information content (AvgIpc) is 3.32. The number of fused-ring (bicyclic) bond motifs is 1. The van der Waals surface area contributed by atoms with Crippen LogP contribution in [0.1, 0.15) is 64.8 Å². The predicted octanol–water partition coefficient (Wildman–Crippen LogP) is 3.96. The number of alkyl halides is 2. The molecular weight excluding hydrogens is 625 g/mol. The van der Waals surface area contributed by atoms with E-state index in [9.17, 15) is 22.0 Å². The Balaban J connectivity index is 1.27. The Bertz CT molecular complexity index is 1660. The molecule has 4 heterocycles. The smallest absolute Gasteiger partial charge is 0.320 e. The van der Waals surface area contributed by atoms with Gasteiger partial charge in [0.15, 0.2) is 15.8 Å². The molecule has 0 radical (unpaired) electrons. The molecule has 12 nitrogen and oxygen atoms in total. The summed E-state index contributed by atoms with van der Waals surface area (Å²) in [4.78, 5) is 23.8. The Morgan fingerprint density at radius 1 is 1.18 bits per heavy atom. The molecule has 2 saturated carbocycles. The van der Waals surface area contributed by atoms with E-state index in [-0.39, 0.29) is 33.8 Å². The quantitative estimate of drug-likeness (QED) is 0.333. The number of hydrogen-bond donors (Lipinski definition) is 2. The maximum absolute atomic E-state index is 13.6. The molecule has 1 saturated heterocycles. The van der Waals surface area contributed by atoms with Gasteiger partial charge in [0.1, 0.15) is 4.90 Å². The lowest BCUT2D eigenvalue weighted by molar-refractivity contribution is 0.113. The standard InChI is InChI=1S/C29H41F2N9O3S2/c1-17-10-20(11-17)32-8-9-37(5)28(41)40-18(2)14-38(15-19(40)3)22-12-21(45(42,43)36-29(4)6-7-29)16-39-23(22)13-33-25(39)27-35-34-26(44-27)24(30)31/h12-13,16-20,24,32,36H,6-11,14-15H2,1-5H3/t17?,18-,19-,20?/m0/s1. The fourth-order valence-corrected chi connectivity index (χ4v) is 8.57. The molecule has 2 atom stereocenters. The van der Waals surface area contributed by atoms with Gasteiger partial charge in [0.05, 0.1) is 17.4 Å². The van der Waals surface area contributed by atoms with Gasteiger partial charge in [-0.05, 0) is 58.4 Å². The van der Waals surface area contributed by atoms with Crippen molar-refractivity contribution in [3.05, 3.63) is 23.5 Å². The summed E-state index contributed by atoms with van der Waals surface area (Å²) in [6.45, 7) is 10.4. The molecule has 3 aliphatic rings. The monoisotopic (exact) mass is 665 g/mol. The lowest BCUT2D eigenvalue weighted by Gasteiger charge is -2.46. The van der Waals surface area contributed by atoms with Crippen molar-refractivity contribution in [3.63, 3.8) is 0 Å². The number of aromatic nitrogens is 4. The molecule has 0 spiro atoms. The number of imidazole rings is 1. The summed E-state index contributed by atoms with van der Waals surface area (Å²) in [6.07, 6.45) is 4.11. The first-order chi connectivity index (χ1) is 21.2. The SMILES string of the molecule is CC1CC(NCCN(C)C(=O)N2[C@@H](C)CN(c3cc(S(=O)(=O)NC4(C)CC4)cn4c(-c5nnc(C(F)F)s5)ncc34)C[C@@H]2C)C1. The van der Waals surface area contributed by atoms with E-state index in [0.29, 0.717) is 36.9 Å². The van der Waals surface area contributed by atoms with Crippen LogP contribution in [0.25, 0.3) is 16.3 Å². The van der Waals surface area contributed by atoms with Crippen LogP contribution in [0.3, 0.4) is 0 Å². The molecule has 6 rings (SSSR count). The van der Waals surface area contributed by atoms with Crippen molar-refractivity contribution >= 4 is 38.6 Å². The van der Waals surface area contributed by atoms with Crippen LogP contribution < -0.4 is 14.9 Å². The first-order valence-corrected chi connectivity index (χ1v) is 17.7. The zero-order chi connectivity index (χ0) is 32.3. The number of sulfonamides is 1. The van der Waals surface area contributed by atoms with Crippen LogP contribution in [0.15, 0.2) is 23.4 Å². The number of pyridine rings is 1. The number of carbonyl (C=O) groups is 1. The molecule has 3 fully saturated rings. The van der Waals surface area contributed by atoms with Crippen LogP contribution in [0.5, 0.6) is 0 Å². The van der Waals surface area contributed by atoms with Gasteiger partial charge >= 0.3 is 6.03 Å². The van der Waals surface area contributed by atoms with Gasteiger partial charge in [-0.25, -0.2) is 31.7 Å². The van der Waals surface area contributed by atoms with Gasteiger partial charge in [0, 0.05) is 63.1 Å². The third kappa shape index (κ3) is 6.51. The van der Waals surface area contributed by atoms with Gasteiger partial charge < -0.3 is 20.0 Å². The number of halogens is 2. The van der Waals surface area contributed by atoms with Gasteiger partial charge in [0.2, 0.25) is 10.0 Å². The number of anilines is 1. The minimum absolute atomic E-state index is 0.0304. The number of piperazine rings is 1. The molecule has 3 aromatic heterocycles. The van der Waals surface area contributed by atoms with Crippen molar-refractivity contribution in [2.75, 3.05) is 38.1 Å². The fraction of sp³-hybridized carbons (Fsp3) is 0.655. The minimum Gasteiger partial charge on any atom is -0.366 e. The van der Waals surface area contributed by atoms with Crippen LogP contribution in [0, 0.1) is 5.92 Å². The summed E-state index contributed by atoms with van der Waals surface area (Å²) in [6, 6.07) is 1.78. The minimum atomic E-state index is -3.93. The number of rotatable bonds is 10. The highest BCUT2D eigenvalue weighted by Crippen LogP contribution is 2.38. The van der Waals surface area contributed by atoms with Crippen LogP contribution >= 0.6 is 11.3 Å². The summed E-state index contributed by atoms with van der Waals surface area (Å²) >= 11 is 0.719. The number of nitrogens with one attached hydrogen (secondary N) is 2. The van der Waals surface area contributed by atoms with Crippen molar-refractivity contribution < 1.29 is 22.0 Å². The summed E-state index contributed by atoms with van der Waals surface area (Å²) < 4.78 is 58.2. The summed E-state index contributed by atoms with van der Waals surface area (Å²) in [5.74, 6) is 0.989. The second kappa shape index (κ2) is 12.0. The van der Waals surface area contributed by atoms with E-state index in [2.05, 4.69) is 37.0 Å². The summed E-state index contributed by atoms with van der Waals surface area (Å²) in [7, 11) is -2.10. The average molecular weight is 666 g/mol. The highest BCUT2D eigenvalue weighted by atomic mass is 32.2. The first-order valence-electron chi connectivity index (χ1n) is 15.4. The number of likely N-dealkylation sites (N-methyl/N-ethyl adjacent to an activating group) is 1. The molecule has 0 bridgehead atoms. The predicted molar refractivity (Wildman–Crippen MR) is 168 cm³/mol. The Hall–Kier alpha value is -2.95. The molecule has 1 aliphatic heterocycles. The first kappa shape index (κ1) is 32.0. The van der Waals surface area contributed by atoms with E-state index in [0.717, 1.165) is 36.6 Å². The van der Waals surface area contributed by atoms with Crippen molar-refractivity contribution in [1.29, 1.82) is 0 Å². The molecule has 0 aromatic carbocycles. The number of amides is 2. The highest BCUT2D eigenvalue weighted by molar-refractivity contribution is 7.89. The van der Waals surface area contributed by atoms with Gasteiger partial charge in [-0.15, -0.1) is 10.2 Å². The van der Waals surface area contributed by atoms with Crippen LogP contribution in [0.2, 0.25) is 0 Å². The Labute approximate surface area is 266 Å². The lowest BCUT2D eigenvalue weighted by atomic mass is 9.82. The second-order valence-corrected chi connectivity index (χ2v) is 15.9. The largest absolute Gasteiger partial charge is 0.366 e. The molecule has 3 aromatic rings. The van der Waals surface area contributed by atoms with Crippen molar-refractivity contribution in [2.24, 2.45) is 5.92 Å². The maximum atomic E-state index is 13.6. The topological polar surface area (TPSA) is 128 Å². The van der Waals surface area contributed by atoms with Gasteiger partial charge in [-0.2, -0.15) is 0 Å². The van der Waals surface area contributed by atoms with Crippen LogP contribution in [0.4, 0.5) is 19.3 Å². The number of nitrogens with zero attached hydrogens (tertiary/aromatic N) is 7. The zero-order valence-electron chi connectivity index (χ0n) is 26.2. The van der Waals surface area contributed by atoms with Crippen molar-refractivity contribution in [2.45, 2.75) is 88.4 Å². The van der Waals surface area contributed by atoms with E-state index in [4.69, 9.17) is 0 Å². The third-order valence-electron chi connectivity index (χ3n) is 9.17. The Morgan fingerprint density at radius 2 is 1.87 bits per heavy atom. The molecule has 45 heavy (non-hydrogen) atoms. The Kier molecular flexibility index (Phi) is 8.54. The van der Waals surface area contributed by atoms with E-state index in [1.54, 1.807) is 21.6 Å². The maximum Gasteiger partial charge on any atom is 0.320 e. The van der Waals surface area contributed by atoms with E-state index >= 15 is 0 Å². The van der Waals surface area contributed by atoms with Gasteiger partial charge in [-0.1, -0.05) is 18.3 Å². The molecule has 2 amide bonds. The highest BCUT2D eigenvalue weighted by Gasteiger charge is 2.42. The molecule has 2 aliphatic carbocycles. The lowest BCUT2D eigenvalue weighted by Crippen LogP contribution is -2.61. The molecule has 2 N–H and O–H groups in total. The van der Waals surface area contributed by atoms with Gasteiger partial charge in [-0.3, -0.25) is 4.40 Å². The number of carbonyl (C=O) groups excluding carboxylic acids is 1. The zero-order valence-corrected chi connectivity index (χ0v) is 27.8.